The van der Waals surface area contributed by atoms with E-state index in [4.69, 9.17) is 4.84 Å². The number of carboxylic acid groups (broad SMARTS) is 1. The van der Waals surface area contributed by atoms with Crippen molar-refractivity contribution < 1.29 is 38.4 Å². The van der Waals surface area contributed by atoms with E-state index < -0.39 is 17.9 Å². The van der Waals surface area contributed by atoms with Gasteiger partial charge in [-0.1, -0.05) is 91.0 Å². The fourth-order valence-electron chi connectivity index (χ4n) is 4.89. The zero-order valence-corrected chi connectivity index (χ0v) is 25.9. The molecule has 1 amide bonds. The molecule has 8 heteroatoms. The second-order valence-electron chi connectivity index (χ2n) is 10.3. The minimum Gasteiger partial charge on any atom is -0.548 e. The van der Waals surface area contributed by atoms with Crippen LogP contribution in [0.15, 0.2) is 103 Å². The van der Waals surface area contributed by atoms with Crippen LogP contribution in [0.4, 0.5) is 0 Å². The average Bonchev–Trinajstić information content (AvgIpc) is 3.00. The molecule has 0 bridgehead atoms. The molecule has 0 heterocycles. The number of rotatable bonds is 15. The Hall–Kier alpha value is -3.31. The van der Waals surface area contributed by atoms with E-state index in [1.165, 1.54) is 22.9 Å². The molecule has 1 atom stereocenters. The van der Waals surface area contributed by atoms with E-state index in [-0.39, 0.29) is 31.5 Å². The minimum absolute atomic E-state index is 0. The molecule has 0 unspecified atom stereocenters. The molecule has 0 aliphatic rings. The molecule has 0 radical (unpaired) electrons. The zero-order valence-electron chi connectivity index (χ0n) is 25.0. The molecular weight excluding hydrogens is 551 g/mol. The Morgan fingerprint density at radius 3 is 2.00 bits per heavy atom. The predicted octanol–water partition coefficient (Wildman–Crippen LogP) is 2.14. The fraction of sp³-hybridized carbons (Fsp3) is 0.257. The van der Waals surface area contributed by atoms with Gasteiger partial charge in [0.2, 0.25) is 0 Å². The van der Waals surface area contributed by atoms with Gasteiger partial charge in [-0.2, -0.15) is 17.2 Å². The van der Waals surface area contributed by atoms with Gasteiger partial charge in [0.25, 0.3) is 5.91 Å². The second kappa shape index (κ2) is 17.7. The molecule has 4 aromatic rings. The number of amides is 1. The number of aryl methyl sites for hydroxylation is 1. The fourth-order valence-corrected chi connectivity index (χ4v) is 5.36. The van der Waals surface area contributed by atoms with E-state index in [1.54, 1.807) is 6.07 Å². The van der Waals surface area contributed by atoms with Crippen LogP contribution in [0.5, 0.6) is 0 Å². The van der Waals surface area contributed by atoms with Crippen LogP contribution in [0.1, 0.15) is 39.0 Å². The minimum atomic E-state index is -1.29. The average molecular weight is 589 g/mol. The summed E-state index contributed by atoms with van der Waals surface area (Å²) in [5, 5.41) is 14.3. The maximum absolute atomic E-state index is 13.3. The number of nitrogens with one attached hydrogen (secondary N) is 2. The van der Waals surface area contributed by atoms with Crippen molar-refractivity contribution in [2.75, 3.05) is 12.0 Å². The number of carbonyl (C=O) groups excluding carboxylic acids is 2. The molecular formula is C35H37LiN2O4S. The van der Waals surface area contributed by atoms with Gasteiger partial charge in [-0.3, -0.25) is 9.63 Å². The van der Waals surface area contributed by atoms with Crippen LogP contribution in [0.2, 0.25) is 0 Å². The van der Waals surface area contributed by atoms with Crippen molar-refractivity contribution in [3.63, 3.8) is 0 Å². The number of benzene rings is 4. The van der Waals surface area contributed by atoms with Gasteiger partial charge >= 0.3 is 18.9 Å². The number of hydroxylamine groups is 1. The molecule has 0 aliphatic carbocycles. The van der Waals surface area contributed by atoms with Gasteiger partial charge in [-0.15, -0.1) is 0 Å². The van der Waals surface area contributed by atoms with Crippen LogP contribution in [0.25, 0.3) is 11.1 Å². The smallest absolute Gasteiger partial charge is 0.548 e. The van der Waals surface area contributed by atoms with Crippen LogP contribution < -0.4 is 34.8 Å². The van der Waals surface area contributed by atoms with Gasteiger partial charge in [-0.05, 0) is 83.7 Å². The van der Waals surface area contributed by atoms with Crippen molar-refractivity contribution in [1.82, 2.24) is 10.8 Å². The molecule has 218 valence electrons. The summed E-state index contributed by atoms with van der Waals surface area (Å²) < 4.78 is 0. The number of carbonyl (C=O) groups is 2. The number of aliphatic carboxylic acids is 1. The molecule has 0 aromatic heterocycles. The van der Waals surface area contributed by atoms with Crippen LogP contribution in [0.3, 0.4) is 0 Å². The second-order valence-corrected chi connectivity index (χ2v) is 11.3. The first-order chi connectivity index (χ1) is 20.4. The summed E-state index contributed by atoms with van der Waals surface area (Å²) in [6.07, 6.45) is 3.80. The summed E-state index contributed by atoms with van der Waals surface area (Å²) in [4.78, 5) is 31.1. The van der Waals surface area contributed by atoms with Gasteiger partial charge in [-0.25, -0.2) is 0 Å². The van der Waals surface area contributed by atoms with E-state index in [1.807, 2.05) is 86.0 Å². The van der Waals surface area contributed by atoms with E-state index in [9.17, 15) is 14.7 Å². The predicted molar refractivity (Wildman–Crippen MR) is 168 cm³/mol. The Kier molecular flexibility index (Phi) is 14.1. The van der Waals surface area contributed by atoms with Gasteiger partial charge in [0.1, 0.15) is 0 Å². The number of thioether (sulfide) groups is 1. The van der Waals surface area contributed by atoms with Crippen LogP contribution >= 0.6 is 11.8 Å². The van der Waals surface area contributed by atoms with Crippen molar-refractivity contribution in [2.24, 2.45) is 0 Å². The zero-order chi connectivity index (χ0) is 29.7. The molecule has 4 aromatic carbocycles. The topological polar surface area (TPSA) is 90.5 Å². The summed E-state index contributed by atoms with van der Waals surface area (Å²) in [6, 6.07) is 33.0. The molecule has 0 aliphatic heterocycles. The molecule has 0 saturated heterocycles. The molecule has 0 spiro atoms. The third kappa shape index (κ3) is 10.4. The first-order valence-corrected chi connectivity index (χ1v) is 15.5. The summed E-state index contributed by atoms with van der Waals surface area (Å²) in [7, 11) is 0. The number of carboxylic acids is 1. The largest absolute Gasteiger partial charge is 1.00 e. The third-order valence-corrected chi connectivity index (χ3v) is 7.75. The van der Waals surface area contributed by atoms with Crippen molar-refractivity contribution in [3.8, 4) is 11.1 Å². The van der Waals surface area contributed by atoms with Crippen molar-refractivity contribution in [1.29, 1.82) is 0 Å². The quantitative estimate of drug-likeness (QED) is 0.164. The molecule has 43 heavy (non-hydrogen) atoms. The standard InChI is InChI=1S/C35H38N2O4S.Li/c1-25-11-9-10-16-30(25)32-23-28(17-18-31(32)34(38)36-33(35(39)40)19-20-42-2)24-41-37-29(21-26-12-5-3-6-13-26)22-27-14-7-4-8-15-27;/h3-18,23,29,33,37H,19-22,24H2,1-2H3,(H,36,38)(H,39,40);/q;+1/p-1/t33-;/m0./s1. The molecule has 0 saturated carbocycles. The summed E-state index contributed by atoms with van der Waals surface area (Å²) in [6.45, 7) is 2.28. The van der Waals surface area contributed by atoms with Gasteiger partial charge < -0.3 is 15.2 Å². The third-order valence-electron chi connectivity index (χ3n) is 7.10. The Balaban J connectivity index is 0.00000506. The SMILES string of the molecule is CSCC[C@H](NC(=O)c1ccc(CONC(Cc2ccccc2)Cc2ccccc2)cc1-c1ccccc1C)C(=O)[O-].[Li+]. The van der Waals surface area contributed by atoms with E-state index >= 15 is 0 Å². The van der Waals surface area contributed by atoms with Crippen LogP contribution in [-0.2, 0) is 29.1 Å². The normalized spacial score (nSPS) is 11.5. The number of hydrogen-bond donors (Lipinski definition) is 2. The maximum Gasteiger partial charge on any atom is 1.00 e. The van der Waals surface area contributed by atoms with Crippen molar-refractivity contribution in [3.05, 3.63) is 131 Å². The van der Waals surface area contributed by atoms with Crippen LogP contribution in [0, 0.1) is 6.92 Å². The van der Waals surface area contributed by atoms with Crippen molar-refractivity contribution >= 4 is 23.6 Å². The first-order valence-electron chi connectivity index (χ1n) is 14.1. The van der Waals surface area contributed by atoms with Crippen molar-refractivity contribution in [2.45, 2.75) is 44.9 Å². The van der Waals surface area contributed by atoms with Crippen LogP contribution in [-0.4, -0.2) is 36.0 Å². The van der Waals surface area contributed by atoms with E-state index in [0.717, 1.165) is 35.1 Å². The summed E-state index contributed by atoms with van der Waals surface area (Å²) in [5.41, 5.74) is 9.64. The number of hydrogen-bond acceptors (Lipinski definition) is 6. The maximum atomic E-state index is 13.3. The Bertz CT molecular complexity index is 1410. The monoisotopic (exact) mass is 588 g/mol. The van der Waals surface area contributed by atoms with E-state index in [2.05, 4.69) is 35.1 Å². The summed E-state index contributed by atoms with van der Waals surface area (Å²) in [5.74, 6) is -1.13. The Morgan fingerprint density at radius 2 is 1.42 bits per heavy atom. The van der Waals surface area contributed by atoms with Gasteiger partial charge in [0.05, 0.1) is 18.6 Å². The molecule has 6 nitrogen and oxygen atoms in total. The first kappa shape index (κ1) is 34.2. The summed E-state index contributed by atoms with van der Waals surface area (Å²) >= 11 is 1.52. The Labute approximate surface area is 270 Å². The molecule has 2 N–H and O–H groups in total. The molecule has 0 fully saturated rings. The van der Waals surface area contributed by atoms with E-state index in [0.29, 0.717) is 17.7 Å². The Morgan fingerprint density at radius 1 is 0.814 bits per heavy atom. The van der Waals surface area contributed by atoms with Gasteiger partial charge in [0, 0.05) is 11.6 Å². The molecule has 4 rings (SSSR count). The van der Waals surface area contributed by atoms with Gasteiger partial charge in [0.15, 0.2) is 0 Å².